The van der Waals surface area contributed by atoms with Crippen LogP contribution in [0.15, 0.2) is 12.4 Å². The molecule has 0 aliphatic heterocycles. The average molecular weight is 267 g/mol. The first-order chi connectivity index (χ1) is 9.30. The van der Waals surface area contributed by atoms with E-state index >= 15 is 0 Å². The summed E-state index contributed by atoms with van der Waals surface area (Å²) in [4.78, 5) is 8.40. The average Bonchev–Trinajstić information content (AvgIpc) is 2.43. The lowest BCUT2D eigenvalue weighted by Gasteiger charge is -2.17. The van der Waals surface area contributed by atoms with Gasteiger partial charge in [0.15, 0.2) is 0 Å². The molecule has 1 unspecified atom stereocenters. The van der Waals surface area contributed by atoms with E-state index in [1.807, 2.05) is 6.07 Å². The number of nitrogens with one attached hydrogen (secondary N) is 1. The van der Waals surface area contributed by atoms with Crippen molar-refractivity contribution in [2.75, 3.05) is 26.9 Å². The summed E-state index contributed by atoms with van der Waals surface area (Å²) in [6.45, 7) is 6.57. The molecule has 1 aromatic heterocycles. The van der Waals surface area contributed by atoms with Gasteiger partial charge in [-0.15, -0.1) is 0 Å². The van der Waals surface area contributed by atoms with Crippen molar-refractivity contribution in [1.29, 1.82) is 0 Å². The van der Waals surface area contributed by atoms with Crippen LogP contribution in [-0.4, -0.2) is 42.9 Å². The molecule has 0 aromatic carbocycles. The number of hydrogen-bond donors (Lipinski definition) is 1. The highest BCUT2D eigenvalue weighted by Gasteiger charge is 2.10. The van der Waals surface area contributed by atoms with E-state index in [1.54, 1.807) is 13.4 Å². The summed E-state index contributed by atoms with van der Waals surface area (Å²) in [6, 6.07) is 2.19. The van der Waals surface area contributed by atoms with Gasteiger partial charge in [-0.2, -0.15) is 0 Å². The van der Waals surface area contributed by atoms with Crippen LogP contribution < -0.4 is 10.1 Å². The van der Waals surface area contributed by atoms with E-state index in [0.717, 1.165) is 31.5 Å². The molecule has 0 spiro atoms. The molecule has 0 radical (unpaired) electrons. The summed E-state index contributed by atoms with van der Waals surface area (Å²) in [5.41, 5.74) is 0.978. The van der Waals surface area contributed by atoms with Crippen LogP contribution in [0.3, 0.4) is 0 Å². The topological polar surface area (TPSA) is 56.3 Å². The molecule has 0 amide bonds. The molecule has 19 heavy (non-hydrogen) atoms. The minimum atomic E-state index is 0.277. The van der Waals surface area contributed by atoms with Gasteiger partial charge in [0.2, 0.25) is 5.88 Å². The summed E-state index contributed by atoms with van der Waals surface area (Å²) < 4.78 is 10.7. The fraction of sp³-hybridized carbons (Fsp3) is 0.714. The van der Waals surface area contributed by atoms with Gasteiger partial charge in [0.25, 0.3) is 0 Å². The fourth-order valence-corrected chi connectivity index (χ4v) is 1.77. The van der Waals surface area contributed by atoms with E-state index in [2.05, 4.69) is 29.1 Å². The summed E-state index contributed by atoms with van der Waals surface area (Å²) in [5, 5.41) is 3.46. The highest BCUT2D eigenvalue weighted by Crippen LogP contribution is 2.09. The van der Waals surface area contributed by atoms with Crippen LogP contribution in [0, 0.1) is 0 Å². The molecule has 1 heterocycles. The Balaban J connectivity index is 2.56. The zero-order valence-corrected chi connectivity index (χ0v) is 12.2. The highest BCUT2D eigenvalue weighted by molar-refractivity contribution is 5.14. The zero-order chi connectivity index (χ0) is 13.9. The first-order valence-electron chi connectivity index (χ1n) is 6.96. The molecule has 0 aliphatic rings. The van der Waals surface area contributed by atoms with Gasteiger partial charge in [0.05, 0.1) is 13.2 Å². The Labute approximate surface area is 115 Å². The SMILES string of the molecule is CCCNC(COC)Cc1cc(OCCC)ncn1. The predicted octanol–water partition coefficient (Wildman–Crippen LogP) is 1.82. The van der Waals surface area contributed by atoms with Crippen molar-refractivity contribution in [3.63, 3.8) is 0 Å². The summed E-state index contributed by atoms with van der Waals surface area (Å²) in [5.74, 6) is 0.651. The van der Waals surface area contributed by atoms with Crippen LogP contribution in [0.1, 0.15) is 32.4 Å². The molecule has 0 saturated heterocycles. The van der Waals surface area contributed by atoms with Crippen LogP contribution >= 0.6 is 0 Å². The number of ether oxygens (including phenoxy) is 2. The highest BCUT2D eigenvalue weighted by atomic mass is 16.5. The molecule has 1 rings (SSSR count). The second-order valence-corrected chi connectivity index (χ2v) is 4.51. The molecule has 0 aliphatic carbocycles. The molecule has 5 nitrogen and oxygen atoms in total. The summed E-state index contributed by atoms with van der Waals surface area (Å²) in [6.07, 6.45) is 4.46. The van der Waals surface area contributed by atoms with Crippen molar-refractivity contribution >= 4 is 0 Å². The third kappa shape index (κ3) is 6.50. The molecule has 5 heteroatoms. The number of rotatable bonds is 10. The number of nitrogens with zero attached hydrogens (tertiary/aromatic N) is 2. The predicted molar refractivity (Wildman–Crippen MR) is 75.5 cm³/mol. The lowest BCUT2D eigenvalue weighted by molar-refractivity contribution is 0.165. The Morgan fingerprint density at radius 3 is 2.79 bits per heavy atom. The van der Waals surface area contributed by atoms with Crippen LogP contribution in [-0.2, 0) is 11.2 Å². The van der Waals surface area contributed by atoms with Crippen molar-refractivity contribution in [3.05, 3.63) is 18.1 Å². The molecule has 0 saturated carbocycles. The number of aromatic nitrogens is 2. The first-order valence-corrected chi connectivity index (χ1v) is 6.96. The van der Waals surface area contributed by atoms with Gasteiger partial charge >= 0.3 is 0 Å². The minimum Gasteiger partial charge on any atom is -0.478 e. The van der Waals surface area contributed by atoms with Gasteiger partial charge < -0.3 is 14.8 Å². The molecular formula is C14H25N3O2. The van der Waals surface area contributed by atoms with Gasteiger partial charge in [-0.05, 0) is 19.4 Å². The van der Waals surface area contributed by atoms with Crippen molar-refractivity contribution < 1.29 is 9.47 Å². The van der Waals surface area contributed by atoms with Gasteiger partial charge in [-0.25, -0.2) is 9.97 Å². The minimum absolute atomic E-state index is 0.277. The normalized spacial score (nSPS) is 12.4. The fourth-order valence-electron chi connectivity index (χ4n) is 1.77. The second kappa shape index (κ2) is 9.69. The Kier molecular flexibility index (Phi) is 8.09. The Morgan fingerprint density at radius 1 is 1.26 bits per heavy atom. The maximum absolute atomic E-state index is 5.52. The first kappa shape index (κ1) is 15.9. The van der Waals surface area contributed by atoms with Crippen molar-refractivity contribution in [2.24, 2.45) is 0 Å². The Hall–Kier alpha value is -1.20. The second-order valence-electron chi connectivity index (χ2n) is 4.51. The largest absolute Gasteiger partial charge is 0.478 e. The van der Waals surface area contributed by atoms with Gasteiger partial charge in [-0.3, -0.25) is 0 Å². The molecule has 0 fully saturated rings. The van der Waals surface area contributed by atoms with E-state index in [9.17, 15) is 0 Å². The molecule has 0 bridgehead atoms. The third-order valence-electron chi connectivity index (χ3n) is 2.66. The Morgan fingerprint density at radius 2 is 2.11 bits per heavy atom. The quantitative estimate of drug-likeness (QED) is 0.701. The zero-order valence-electron chi connectivity index (χ0n) is 12.2. The van der Waals surface area contributed by atoms with E-state index in [-0.39, 0.29) is 6.04 Å². The van der Waals surface area contributed by atoms with Gasteiger partial charge in [-0.1, -0.05) is 13.8 Å². The van der Waals surface area contributed by atoms with E-state index < -0.39 is 0 Å². The van der Waals surface area contributed by atoms with E-state index in [1.165, 1.54) is 0 Å². The van der Waals surface area contributed by atoms with Crippen LogP contribution in [0.5, 0.6) is 5.88 Å². The molecule has 1 aromatic rings. The number of hydrogen-bond acceptors (Lipinski definition) is 5. The van der Waals surface area contributed by atoms with Crippen molar-refractivity contribution in [2.45, 2.75) is 39.2 Å². The summed E-state index contributed by atoms with van der Waals surface area (Å²) in [7, 11) is 1.72. The lowest BCUT2D eigenvalue weighted by Crippen LogP contribution is -2.35. The van der Waals surface area contributed by atoms with Gasteiger partial charge in [0, 0.05) is 31.3 Å². The maximum atomic E-state index is 5.52. The molecule has 1 atom stereocenters. The standard InChI is InChI=1S/C14H25N3O2/c1-4-6-15-13(10-18-3)8-12-9-14(17-11-16-12)19-7-5-2/h9,11,13,15H,4-8,10H2,1-3H3. The van der Waals surface area contributed by atoms with Crippen LogP contribution in [0.4, 0.5) is 0 Å². The van der Waals surface area contributed by atoms with E-state index in [0.29, 0.717) is 19.1 Å². The molecule has 1 N–H and O–H groups in total. The maximum Gasteiger partial charge on any atom is 0.216 e. The number of methoxy groups -OCH3 is 1. The van der Waals surface area contributed by atoms with Gasteiger partial charge in [0.1, 0.15) is 6.33 Å². The van der Waals surface area contributed by atoms with Crippen molar-refractivity contribution in [1.82, 2.24) is 15.3 Å². The molecule has 108 valence electrons. The smallest absolute Gasteiger partial charge is 0.216 e. The van der Waals surface area contributed by atoms with Crippen LogP contribution in [0.25, 0.3) is 0 Å². The lowest BCUT2D eigenvalue weighted by atomic mass is 10.1. The third-order valence-corrected chi connectivity index (χ3v) is 2.66. The monoisotopic (exact) mass is 267 g/mol. The Bertz CT molecular complexity index is 347. The van der Waals surface area contributed by atoms with Crippen molar-refractivity contribution in [3.8, 4) is 5.88 Å². The van der Waals surface area contributed by atoms with E-state index in [4.69, 9.17) is 9.47 Å². The molecular weight excluding hydrogens is 242 g/mol. The summed E-state index contributed by atoms with van der Waals surface area (Å²) >= 11 is 0. The van der Waals surface area contributed by atoms with Crippen LogP contribution in [0.2, 0.25) is 0 Å².